The zero-order valence-electron chi connectivity index (χ0n) is 17.3. The number of piperazine rings is 1. The predicted octanol–water partition coefficient (Wildman–Crippen LogP) is 2.34. The largest absolute Gasteiger partial charge is 0.507 e. The van der Waals surface area contributed by atoms with Crippen molar-refractivity contribution in [3.63, 3.8) is 0 Å². The predicted molar refractivity (Wildman–Crippen MR) is 120 cm³/mol. The van der Waals surface area contributed by atoms with Gasteiger partial charge in [0.15, 0.2) is 5.82 Å². The fourth-order valence-corrected chi connectivity index (χ4v) is 3.77. The normalized spacial score (nSPS) is 15.0. The second kappa shape index (κ2) is 8.62. The first kappa shape index (κ1) is 20.6. The van der Waals surface area contributed by atoms with E-state index in [2.05, 4.69) is 10.8 Å². The minimum Gasteiger partial charge on any atom is -0.507 e. The van der Waals surface area contributed by atoms with Crippen molar-refractivity contribution in [2.24, 2.45) is 0 Å². The monoisotopic (exact) mass is 416 g/mol. The van der Waals surface area contributed by atoms with Crippen LogP contribution in [0.15, 0.2) is 42.5 Å². The molecule has 0 bridgehead atoms. The number of nitrogens with zero attached hydrogens (tertiary/aromatic N) is 4. The van der Waals surface area contributed by atoms with E-state index in [0.29, 0.717) is 37.6 Å². The summed E-state index contributed by atoms with van der Waals surface area (Å²) in [5, 5.41) is 20.8. The summed E-state index contributed by atoms with van der Waals surface area (Å²) >= 11 is 0. The number of carbonyl (C=O) groups excluding carboxylic acids is 1. The first-order valence-electron chi connectivity index (χ1n) is 10.2. The van der Waals surface area contributed by atoms with Gasteiger partial charge in [-0.05, 0) is 36.8 Å². The SMILES string of the molecule is C#CC(O)CC(=O)N1CCN(c2nc(-c3ccccc3O)nc3cc(C)ccc23)CC1. The molecule has 1 fully saturated rings. The van der Waals surface area contributed by atoms with E-state index in [9.17, 15) is 15.0 Å². The summed E-state index contributed by atoms with van der Waals surface area (Å²) in [5.74, 6) is 3.40. The van der Waals surface area contributed by atoms with Crippen LogP contribution >= 0.6 is 0 Å². The van der Waals surface area contributed by atoms with Gasteiger partial charge in [0, 0.05) is 31.6 Å². The number of phenolic OH excluding ortho intramolecular Hbond substituents is 1. The van der Waals surface area contributed by atoms with Gasteiger partial charge in [-0.2, -0.15) is 0 Å². The Morgan fingerprint density at radius 2 is 1.90 bits per heavy atom. The minimum atomic E-state index is -1.05. The number of phenols is 1. The Labute approximate surface area is 181 Å². The Morgan fingerprint density at radius 3 is 2.61 bits per heavy atom. The molecule has 7 nitrogen and oxygen atoms in total. The van der Waals surface area contributed by atoms with Crippen molar-refractivity contribution >= 4 is 22.6 Å². The number of carbonyl (C=O) groups is 1. The van der Waals surface area contributed by atoms with Gasteiger partial charge in [0.05, 0.1) is 17.5 Å². The van der Waals surface area contributed by atoms with E-state index in [-0.39, 0.29) is 18.1 Å². The lowest BCUT2D eigenvalue weighted by molar-refractivity contribution is -0.132. The summed E-state index contributed by atoms with van der Waals surface area (Å²) in [7, 11) is 0. The summed E-state index contributed by atoms with van der Waals surface area (Å²) in [6, 6.07) is 13.1. The smallest absolute Gasteiger partial charge is 0.226 e. The van der Waals surface area contributed by atoms with Gasteiger partial charge in [0.2, 0.25) is 5.91 Å². The molecule has 1 saturated heterocycles. The molecular weight excluding hydrogens is 392 g/mol. The fourth-order valence-electron chi connectivity index (χ4n) is 3.77. The van der Waals surface area contributed by atoms with Crippen molar-refractivity contribution in [2.75, 3.05) is 31.1 Å². The third-order valence-electron chi connectivity index (χ3n) is 5.47. The summed E-state index contributed by atoms with van der Waals surface area (Å²) in [6.07, 6.45) is 4.05. The number of hydrogen-bond acceptors (Lipinski definition) is 6. The highest BCUT2D eigenvalue weighted by molar-refractivity contribution is 5.92. The van der Waals surface area contributed by atoms with Crippen molar-refractivity contribution in [1.82, 2.24) is 14.9 Å². The average molecular weight is 416 g/mol. The number of amides is 1. The summed E-state index contributed by atoms with van der Waals surface area (Å²) in [6.45, 7) is 4.23. The number of terminal acetylenes is 1. The Morgan fingerprint density at radius 1 is 1.16 bits per heavy atom. The van der Waals surface area contributed by atoms with Gasteiger partial charge in [0.25, 0.3) is 0 Å². The van der Waals surface area contributed by atoms with Gasteiger partial charge in [-0.1, -0.05) is 24.1 Å². The number of aromatic hydroxyl groups is 1. The van der Waals surface area contributed by atoms with Crippen molar-refractivity contribution in [1.29, 1.82) is 0 Å². The molecule has 31 heavy (non-hydrogen) atoms. The van der Waals surface area contributed by atoms with Gasteiger partial charge in [-0.15, -0.1) is 6.42 Å². The van der Waals surface area contributed by atoms with Gasteiger partial charge >= 0.3 is 0 Å². The molecule has 0 radical (unpaired) electrons. The van der Waals surface area contributed by atoms with E-state index >= 15 is 0 Å². The number of benzene rings is 2. The second-order valence-electron chi connectivity index (χ2n) is 7.66. The Kier molecular flexibility index (Phi) is 5.74. The molecule has 1 unspecified atom stereocenters. The van der Waals surface area contributed by atoms with E-state index < -0.39 is 6.10 Å². The van der Waals surface area contributed by atoms with Crippen LogP contribution < -0.4 is 4.90 Å². The van der Waals surface area contributed by atoms with Crippen LogP contribution in [0.1, 0.15) is 12.0 Å². The van der Waals surface area contributed by atoms with E-state index in [1.807, 2.05) is 31.2 Å². The first-order valence-corrected chi connectivity index (χ1v) is 10.2. The van der Waals surface area contributed by atoms with E-state index in [0.717, 1.165) is 22.3 Å². The molecule has 158 valence electrons. The fraction of sp³-hybridized carbons (Fsp3) is 0.292. The number of aromatic nitrogens is 2. The number of rotatable bonds is 4. The van der Waals surface area contributed by atoms with Gasteiger partial charge in [0.1, 0.15) is 17.7 Å². The molecule has 1 aliphatic heterocycles. The first-order chi connectivity index (χ1) is 15.0. The minimum absolute atomic E-state index is 0.0658. The van der Waals surface area contributed by atoms with Crippen molar-refractivity contribution in [2.45, 2.75) is 19.4 Å². The molecule has 1 aromatic heterocycles. The number of aliphatic hydroxyl groups is 1. The van der Waals surface area contributed by atoms with Crippen LogP contribution in [0.3, 0.4) is 0 Å². The van der Waals surface area contributed by atoms with Crippen molar-refractivity contribution < 1.29 is 15.0 Å². The van der Waals surface area contributed by atoms with Crippen molar-refractivity contribution in [3.8, 4) is 29.5 Å². The molecule has 1 aliphatic rings. The standard InChI is InChI=1S/C24H24N4O3/c1-3-17(29)15-22(31)27-10-12-28(13-11-27)24-18-9-8-16(2)14-20(18)25-23(26-24)19-6-4-5-7-21(19)30/h1,4-9,14,17,29-30H,10-13,15H2,2H3. The van der Waals surface area contributed by atoms with Crippen LogP contribution in [0.25, 0.3) is 22.3 Å². The average Bonchev–Trinajstić information content (AvgIpc) is 2.78. The molecule has 2 N–H and O–H groups in total. The third-order valence-corrected chi connectivity index (χ3v) is 5.47. The number of anilines is 1. The molecule has 0 saturated carbocycles. The van der Waals surface area contributed by atoms with E-state index in [1.54, 1.807) is 23.1 Å². The maximum Gasteiger partial charge on any atom is 0.226 e. The second-order valence-corrected chi connectivity index (χ2v) is 7.66. The lowest BCUT2D eigenvalue weighted by atomic mass is 10.1. The highest BCUT2D eigenvalue weighted by Gasteiger charge is 2.25. The lowest BCUT2D eigenvalue weighted by Gasteiger charge is -2.36. The molecule has 1 atom stereocenters. The quantitative estimate of drug-likeness (QED) is 0.635. The summed E-state index contributed by atoms with van der Waals surface area (Å²) in [4.78, 5) is 25.7. The van der Waals surface area contributed by atoms with Crippen LogP contribution in [0.5, 0.6) is 5.75 Å². The van der Waals surface area contributed by atoms with Crippen LogP contribution in [0.4, 0.5) is 5.82 Å². The molecule has 4 rings (SSSR count). The van der Waals surface area contributed by atoms with Crippen LogP contribution in [-0.2, 0) is 4.79 Å². The van der Waals surface area contributed by atoms with Gasteiger partial charge in [-0.3, -0.25) is 4.79 Å². The summed E-state index contributed by atoms with van der Waals surface area (Å²) in [5.41, 5.74) is 2.46. The highest BCUT2D eigenvalue weighted by Crippen LogP contribution is 2.32. The molecule has 0 aliphatic carbocycles. The van der Waals surface area contributed by atoms with E-state index in [1.165, 1.54) is 0 Å². The van der Waals surface area contributed by atoms with Gasteiger partial charge < -0.3 is 20.0 Å². The number of fused-ring (bicyclic) bond motifs is 1. The van der Waals surface area contributed by atoms with Crippen LogP contribution in [0, 0.1) is 19.3 Å². The summed E-state index contributed by atoms with van der Waals surface area (Å²) < 4.78 is 0. The Hall–Kier alpha value is -3.63. The third kappa shape index (κ3) is 4.30. The maximum atomic E-state index is 12.3. The molecule has 2 aromatic carbocycles. The molecular formula is C24H24N4O3. The highest BCUT2D eigenvalue weighted by atomic mass is 16.3. The van der Waals surface area contributed by atoms with Crippen molar-refractivity contribution in [3.05, 3.63) is 48.0 Å². The molecule has 7 heteroatoms. The topological polar surface area (TPSA) is 89.8 Å². The van der Waals surface area contributed by atoms with Crippen LogP contribution in [0.2, 0.25) is 0 Å². The molecule has 3 aromatic rings. The zero-order valence-corrected chi connectivity index (χ0v) is 17.3. The Balaban J connectivity index is 1.65. The number of para-hydroxylation sites is 1. The Bertz CT molecular complexity index is 1160. The lowest BCUT2D eigenvalue weighted by Crippen LogP contribution is -2.49. The number of aliphatic hydroxyl groups excluding tert-OH is 1. The maximum absolute atomic E-state index is 12.3. The molecule has 2 heterocycles. The number of hydrogen-bond donors (Lipinski definition) is 2. The molecule has 0 spiro atoms. The zero-order chi connectivity index (χ0) is 22.0. The van der Waals surface area contributed by atoms with E-state index in [4.69, 9.17) is 16.4 Å². The molecule has 1 amide bonds. The van der Waals surface area contributed by atoms with Gasteiger partial charge in [-0.25, -0.2) is 9.97 Å². The van der Waals surface area contributed by atoms with Crippen LogP contribution in [-0.4, -0.2) is 63.3 Å². The number of aryl methyl sites for hydroxylation is 1.